The van der Waals surface area contributed by atoms with Crippen molar-refractivity contribution in [1.82, 2.24) is 14.8 Å². The molecule has 156 valence electrons. The van der Waals surface area contributed by atoms with Gasteiger partial charge >= 0.3 is 0 Å². The van der Waals surface area contributed by atoms with Crippen LogP contribution in [0.15, 0.2) is 18.2 Å². The lowest BCUT2D eigenvalue weighted by molar-refractivity contribution is 0.0482. The number of halogens is 3. The number of ether oxygens (including phenoxy) is 1. The molecular weight excluding hydrogens is 386 g/mol. The van der Waals surface area contributed by atoms with Gasteiger partial charge in [0, 0.05) is 31.6 Å². The molecule has 28 heavy (non-hydrogen) atoms. The fraction of sp³-hybridized carbons (Fsp3) is 0.600. The second kappa shape index (κ2) is 10.3. The van der Waals surface area contributed by atoms with Crippen molar-refractivity contribution < 1.29 is 13.5 Å². The monoisotopic (exact) mass is 414 g/mol. The molecule has 8 heteroatoms. The molecule has 1 aromatic carbocycles. The van der Waals surface area contributed by atoms with Gasteiger partial charge in [-0.1, -0.05) is 19.8 Å². The van der Waals surface area contributed by atoms with Gasteiger partial charge in [0.2, 0.25) is 0 Å². The largest absolute Gasteiger partial charge is 0.380 e. The number of rotatable bonds is 7. The number of aromatic nitrogens is 3. The van der Waals surface area contributed by atoms with Gasteiger partial charge in [-0.05, 0) is 37.8 Å². The van der Waals surface area contributed by atoms with Crippen molar-refractivity contribution in [2.24, 2.45) is 5.73 Å². The standard InChI is InChI=1S/C20H28F2N4O.ClH/c1-3-4-5-6-19-24-20(13-7-10-18(27-2)16(23)11-13)26(25-19)17-9-8-14(21)12-15(17)22;/h8-9,12-13,16,18H,3-7,10-11,23H2,1-2H3;1H/t13-,16+,18+;/m0./s1. The summed E-state index contributed by atoms with van der Waals surface area (Å²) in [6.45, 7) is 2.14. The molecule has 5 nitrogen and oxygen atoms in total. The predicted octanol–water partition coefficient (Wildman–Crippen LogP) is 4.31. The van der Waals surface area contributed by atoms with Gasteiger partial charge in [0.05, 0.1) is 6.10 Å². The van der Waals surface area contributed by atoms with E-state index in [2.05, 4.69) is 12.0 Å². The lowest BCUT2D eigenvalue weighted by Crippen LogP contribution is -2.41. The minimum absolute atomic E-state index is 0. The van der Waals surface area contributed by atoms with Gasteiger partial charge in [-0.3, -0.25) is 0 Å². The van der Waals surface area contributed by atoms with Gasteiger partial charge < -0.3 is 10.5 Å². The van der Waals surface area contributed by atoms with E-state index in [-0.39, 0.29) is 36.2 Å². The Morgan fingerprint density at radius 3 is 2.68 bits per heavy atom. The van der Waals surface area contributed by atoms with E-state index >= 15 is 0 Å². The third-order valence-corrected chi connectivity index (χ3v) is 5.32. The predicted molar refractivity (Wildman–Crippen MR) is 107 cm³/mol. The average Bonchev–Trinajstić information content (AvgIpc) is 3.05. The van der Waals surface area contributed by atoms with E-state index in [1.165, 1.54) is 12.1 Å². The molecule has 0 aliphatic heterocycles. The Morgan fingerprint density at radius 1 is 1.25 bits per heavy atom. The van der Waals surface area contributed by atoms with Crippen LogP contribution in [0.3, 0.4) is 0 Å². The van der Waals surface area contributed by atoms with E-state index in [9.17, 15) is 8.78 Å². The molecule has 1 aliphatic carbocycles. The second-order valence-electron chi connectivity index (χ2n) is 7.30. The third kappa shape index (κ3) is 5.07. The van der Waals surface area contributed by atoms with Crippen LogP contribution in [-0.4, -0.2) is 34.0 Å². The Hall–Kier alpha value is -1.57. The van der Waals surface area contributed by atoms with Crippen molar-refractivity contribution in [2.45, 2.75) is 69.9 Å². The molecule has 2 N–H and O–H groups in total. The van der Waals surface area contributed by atoms with Gasteiger partial charge in [0.1, 0.15) is 17.3 Å². The molecule has 0 spiro atoms. The van der Waals surface area contributed by atoms with Crippen LogP contribution in [0.1, 0.15) is 63.0 Å². The molecule has 0 amide bonds. The number of nitrogens with zero attached hydrogens (tertiary/aromatic N) is 3. The van der Waals surface area contributed by atoms with Crippen molar-refractivity contribution in [1.29, 1.82) is 0 Å². The first-order valence-electron chi connectivity index (χ1n) is 9.73. The Bertz CT molecular complexity index is 771. The van der Waals surface area contributed by atoms with Crippen molar-refractivity contribution in [3.05, 3.63) is 41.5 Å². The van der Waals surface area contributed by atoms with Crippen LogP contribution in [-0.2, 0) is 11.2 Å². The van der Waals surface area contributed by atoms with Crippen LogP contribution in [0.2, 0.25) is 0 Å². The third-order valence-electron chi connectivity index (χ3n) is 5.32. The lowest BCUT2D eigenvalue weighted by atomic mass is 9.83. The van der Waals surface area contributed by atoms with Gasteiger partial charge in [-0.2, -0.15) is 5.10 Å². The SMILES string of the molecule is CCCCCc1nc([C@H]2CC[C@@H](OC)[C@H](N)C2)n(-c2ccc(F)cc2F)n1.Cl. The van der Waals surface area contributed by atoms with E-state index in [1.807, 2.05) is 0 Å². The maximum atomic E-state index is 14.4. The molecule has 1 aliphatic rings. The lowest BCUT2D eigenvalue weighted by Gasteiger charge is -2.32. The first kappa shape index (κ1) is 22.7. The molecule has 0 saturated heterocycles. The van der Waals surface area contributed by atoms with Gasteiger partial charge in [0.15, 0.2) is 11.6 Å². The zero-order chi connectivity index (χ0) is 19.4. The minimum atomic E-state index is -0.642. The summed E-state index contributed by atoms with van der Waals surface area (Å²) in [6, 6.07) is 3.44. The molecule has 2 aromatic rings. The van der Waals surface area contributed by atoms with E-state index in [4.69, 9.17) is 15.5 Å². The minimum Gasteiger partial charge on any atom is -0.380 e. The smallest absolute Gasteiger partial charge is 0.151 e. The Balaban J connectivity index is 0.00000280. The number of unbranched alkanes of at least 4 members (excludes halogenated alkanes) is 2. The number of methoxy groups -OCH3 is 1. The highest BCUT2D eigenvalue weighted by Gasteiger charge is 2.32. The molecule has 3 atom stereocenters. The van der Waals surface area contributed by atoms with E-state index < -0.39 is 11.6 Å². The average molecular weight is 415 g/mol. The highest BCUT2D eigenvalue weighted by Crippen LogP contribution is 2.34. The Labute approximate surface area is 171 Å². The summed E-state index contributed by atoms with van der Waals surface area (Å²) in [7, 11) is 1.67. The summed E-state index contributed by atoms with van der Waals surface area (Å²) >= 11 is 0. The summed E-state index contributed by atoms with van der Waals surface area (Å²) in [6.07, 6.45) is 6.35. The van der Waals surface area contributed by atoms with Gasteiger partial charge in [0.25, 0.3) is 0 Å². The van der Waals surface area contributed by atoms with Crippen LogP contribution in [0.25, 0.3) is 5.69 Å². The molecule has 1 aromatic heterocycles. The fourth-order valence-corrected chi connectivity index (χ4v) is 3.81. The summed E-state index contributed by atoms with van der Waals surface area (Å²) in [5, 5.41) is 4.55. The highest BCUT2D eigenvalue weighted by molar-refractivity contribution is 5.85. The summed E-state index contributed by atoms with van der Waals surface area (Å²) in [5.41, 5.74) is 6.48. The first-order chi connectivity index (χ1) is 13.0. The molecule has 1 saturated carbocycles. The second-order valence-corrected chi connectivity index (χ2v) is 7.30. The van der Waals surface area contributed by atoms with Crippen molar-refractivity contribution in [3.8, 4) is 5.69 Å². The maximum Gasteiger partial charge on any atom is 0.151 e. The van der Waals surface area contributed by atoms with E-state index in [0.717, 1.165) is 44.6 Å². The first-order valence-corrected chi connectivity index (χ1v) is 9.73. The Morgan fingerprint density at radius 2 is 2.04 bits per heavy atom. The van der Waals surface area contributed by atoms with E-state index in [1.54, 1.807) is 11.8 Å². The molecule has 1 fully saturated rings. The topological polar surface area (TPSA) is 66.0 Å². The molecule has 0 unspecified atom stereocenters. The zero-order valence-electron chi connectivity index (χ0n) is 16.4. The highest BCUT2D eigenvalue weighted by atomic mass is 35.5. The fourth-order valence-electron chi connectivity index (χ4n) is 3.81. The van der Waals surface area contributed by atoms with Crippen LogP contribution in [0, 0.1) is 11.6 Å². The van der Waals surface area contributed by atoms with Crippen molar-refractivity contribution in [2.75, 3.05) is 7.11 Å². The van der Waals surface area contributed by atoms with Crippen LogP contribution in [0.5, 0.6) is 0 Å². The number of aryl methyl sites for hydroxylation is 1. The molecule has 0 bridgehead atoms. The van der Waals surface area contributed by atoms with Crippen LogP contribution >= 0.6 is 12.4 Å². The molecule has 0 radical (unpaired) electrons. The molecule has 3 rings (SSSR count). The van der Waals surface area contributed by atoms with E-state index in [0.29, 0.717) is 18.1 Å². The summed E-state index contributed by atoms with van der Waals surface area (Å²) in [4.78, 5) is 4.73. The maximum absolute atomic E-state index is 14.4. The number of nitrogens with two attached hydrogens (primary N) is 1. The quantitative estimate of drug-likeness (QED) is 0.685. The summed E-state index contributed by atoms with van der Waals surface area (Å²) < 4.78 is 34.7. The molecule has 1 heterocycles. The zero-order valence-corrected chi connectivity index (χ0v) is 17.2. The number of hydrogen-bond donors (Lipinski definition) is 1. The van der Waals surface area contributed by atoms with Crippen molar-refractivity contribution >= 4 is 12.4 Å². The van der Waals surface area contributed by atoms with Crippen LogP contribution < -0.4 is 5.73 Å². The normalized spacial score (nSPS) is 22.1. The number of benzene rings is 1. The van der Waals surface area contributed by atoms with Crippen LogP contribution in [0.4, 0.5) is 8.78 Å². The Kier molecular flexibility index (Phi) is 8.34. The molecular formula is C20H29ClF2N4O. The van der Waals surface area contributed by atoms with Gasteiger partial charge in [-0.25, -0.2) is 18.4 Å². The summed E-state index contributed by atoms with van der Waals surface area (Å²) in [5.74, 6) is 0.227. The number of hydrogen-bond acceptors (Lipinski definition) is 4. The van der Waals surface area contributed by atoms with Gasteiger partial charge in [-0.15, -0.1) is 12.4 Å². The van der Waals surface area contributed by atoms with Crippen molar-refractivity contribution in [3.63, 3.8) is 0 Å².